The molecule has 0 spiro atoms. The molecule has 0 aliphatic rings. The van der Waals surface area contributed by atoms with Gasteiger partial charge in [-0.25, -0.2) is 0 Å². The maximum Gasteiger partial charge on any atom is 0 e. The summed E-state index contributed by atoms with van der Waals surface area (Å²) >= 11 is 0. The zero-order valence-electron chi connectivity index (χ0n) is 1.45. The van der Waals surface area contributed by atoms with E-state index in [-0.39, 0.29) is 85.2 Å². The van der Waals surface area contributed by atoms with Crippen LogP contribution in [0.4, 0.5) is 0 Å². The fourth-order valence-electron chi connectivity index (χ4n) is 0. The van der Waals surface area contributed by atoms with Crippen molar-refractivity contribution in [3.8, 4) is 0 Å². The van der Waals surface area contributed by atoms with Crippen LogP contribution in [-0.2, 0) is 61.3 Å². The third kappa shape index (κ3) is 8.84. The van der Waals surface area contributed by atoms with Crippen LogP contribution in [0.2, 0.25) is 0 Å². The summed E-state index contributed by atoms with van der Waals surface area (Å²) in [5.74, 6) is 0. The van der Waals surface area contributed by atoms with Gasteiger partial charge in [0.05, 0.1) is 0 Å². The van der Waals surface area contributed by atoms with Crippen molar-refractivity contribution < 1.29 is 61.3 Å². The molecule has 0 aromatic heterocycles. The quantitative estimate of drug-likeness (QED) is 0.453. The van der Waals surface area contributed by atoms with Crippen LogP contribution in [0.15, 0.2) is 0 Å². The molecule has 0 amide bonds. The Morgan fingerprint density at radius 3 is 0.500 bits per heavy atom. The smallest absolute Gasteiger partial charge is 0 e. The molecular weight excluding hydrogens is 438 g/mol. The molecule has 0 atom stereocenters. The van der Waals surface area contributed by atoms with Gasteiger partial charge in [0.25, 0.3) is 0 Å². The average Bonchev–Trinajstić information content (AvgIpc) is 0. The van der Waals surface area contributed by atoms with E-state index in [9.17, 15) is 0 Å². The molecule has 0 fully saturated rings. The number of rotatable bonds is 0. The minimum atomic E-state index is 0. The molecule has 4 heavy (non-hydrogen) atoms. The first-order valence-corrected chi connectivity index (χ1v) is 0. The number of hydrogen-bond donors (Lipinski definition) is 0. The van der Waals surface area contributed by atoms with E-state index in [0.29, 0.717) is 0 Å². The van der Waals surface area contributed by atoms with Gasteiger partial charge in [-0.1, -0.05) is 0 Å². The van der Waals surface area contributed by atoms with E-state index in [1.165, 1.54) is 0 Å². The van der Waals surface area contributed by atoms with E-state index in [4.69, 9.17) is 0 Å². The predicted molar refractivity (Wildman–Crippen MR) is 5.75 cm³/mol. The Bertz CT molecular complexity index is 3.25. The van der Waals surface area contributed by atoms with Gasteiger partial charge < -0.3 is 0 Å². The monoisotopic (exact) mass is 438 g/mol. The van der Waals surface area contributed by atoms with Crippen LogP contribution >= 0.6 is 0 Å². The van der Waals surface area contributed by atoms with E-state index in [1.54, 1.807) is 0 Å². The van der Waals surface area contributed by atoms with Gasteiger partial charge in [-0.05, 0) is 0 Å². The van der Waals surface area contributed by atoms with Crippen molar-refractivity contribution in [2.75, 3.05) is 0 Å². The van der Waals surface area contributed by atoms with Gasteiger partial charge in [0.2, 0.25) is 0 Å². The Balaban J connectivity index is 0. The molecule has 0 bridgehead atoms. The van der Waals surface area contributed by atoms with Gasteiger partial charge in [-0.15, -0.1) is 0 Å². The first kappa shape index (κ1) is 29.3. The zero-order valence-corrected chi connectivity index (χ0v) is 8.97. The zero-order chi connectivity index (χ0) is 0. The first-order valence-electron chi connectivity index (χ1n) is 0. The number of hydrogen-bond acceptors (Lipinski definition) is 0. The van der Waals surface area contributed by atoms with Crippen LogP contribution in [0.5, 0.6) is 0 Å². The van der Waals surface area contributed by atoms with Gasteiger partial charge in [-0.3, -0.25) is 0 Å². The van der Waals surface area contributed by atoms with Crippen molar-refractivity contribution in [3.63, 3.8) is 0 Å². The molecule has 0 heterocycles. The van der Waals surface area contributed by atoms with Crippen LogP contribution in [0.1, 0.15) is 0 Å². The molecule has 34 valence electrons. The summed E-state index contributed by atoms with van der Waals surface area (Å²) in [5, 5.41) is 0. The second-order valence-electron chi connectivity index (χ2n) is 0. The maximum absolute atomic E-state index is 0. The van der Waals surface area contributed by atoms with Gasteiger partial charge in [0.1, 0.15) is 0 Å². The van der Waals surface area contributed by atoms with Crippen LogP contribution < -0.4 is 0 Å². The molecule has 0 aromatic rings. The van der Waals surface area contributed by atoms with Gasteiger partial charge in [0, 0.05) is 85.2 Å². The van der Waals surface area contributed by atoms with Crippen LogP contribution in [-0.4, -0.2) is 23.9 Å². The third-order valence-corrected chi connectivity index (χ3v) is 0. The summed E-state index contributed by atoms with van der Waals surface area (Å²) in [6.07, 6.45) is 0. The fraction of sp³-hybridized carbons (Fsp3) is 0. The molecule has 0 rings (SSSR count). The van der Waals surface area contributed by atoms with Crippen molar-refractivity contribution in [2.45, 2.75) is 0 Å². The van der Waals surface area contributed by atoms with Crippen LogP contribution in [0.3, 0.4) is 0 Å². The molecule has 0 nitrogen and oxygen atoms in total. The molecule has 4 heteroatoms. The summed E-state index contributed by atoms with van der Waals surface area (Å²) in [6.45, 7) is 0. The van der Waals surface area contributed by atoms with Crippen molar-refractivity contribution >= 4 is 23.9 Å². The molecule has 0 saturated heterocycles. The minimum absolute atomic E-state index is 0. The Kier molecular flexibility index (Phi) is 125. The normalized spacial score (nSPS) is 0. The standard InChI is InChI=1S/3Pd.Sn. The van der Waals surface area contributed by atoms with E-state index >= 15 is 0 Å². The summed E-state index contributed by atoms with van der Waals surface area (Å²) < 4.78 is 0. The fourth-order valence-corrected chi connectivity index (χ4v) is 0. The first-order chi connectivity index (χ1) is 0. The second-order valence-corrected chi connectivity index (χ2v) is 0. The van der Waals surface area contributed by atoms with Gasteiger partial charge >= 0.3 is 0 Å². The van der Waals surface area contributed by atoms with E-state index in [1.807, 2.05) is 0 Å². The average molecular weight is 438 g/mol. The Morgan fingerprint density at radius 1 is 0.500 bits per heavy atom. The molecule has 4 radical (unpaired) electrons. The molecule has 0 aromatic carbocycles. The third-order valence-electron chi connectivity index (χ3n) is 0. The largest absolute Gasteiger partial charge is 0 e. The molecule has 0 unspecified atom stereocenters. The van der Waals surface area contributed by atoms with Crippen molar-refractivity contribution in [3.05, 3.63) is 0 Å². The van der Waals surface area contributed by atoms with E-state index in [2.05, 4.69) is 0 Å². The Labute approximate surface area is 83.8 Å². The van der Waals surface area contributed by atoms with Crippen molar-refractivity contribution in [1.82, 2.24) is 0 Å². The van der Waals surface area contributed by atoms with Crippen molar-refractivity contribution in [2.24, 2.45) is 0 Å². The Hall–Kier alpha value is 2.79. The maximum atomic E-state index is 0. The summed E-state index contributed by atoms with van der Waals surface area (Å²) in [7, 11) is 0. The predicted octanol–water partition coefficient (Wildman–Crippen LogP) is -0.388. The molecule has 0 N–H and O–H groups in total. The van der Waals surface area contributed by atoms with Gasteiger partial charge in [0.15, 0.2) is 0 Å². The minimum Gasteiger partial charge on any atom is 0 e. The molecule has 0 aliphatic heterocycles. The summed E-state index contributed by atoms with van der Waals surface area (Å²) in [5.41, 5.74) is 0. The molecule has 0 aliphatic carbocycles. The molecular formula is Pd3Sn. The summed E-state index contributed by atoms with van der Waals surface area (Å²) in [4.78, 5) is 0. The van der Waals surface area contributed by atoms with Crippen LogP contribution in [0.25, 0.3) is 0 Å². The topological polar surface area (TPSA) is 0 Å². The van der Waals surface area contributed by atoms with E-state index in [0.717, 1.165) is 0 Å². The SMILES string of the molecule is [Pd].[Pd].[Pd].[Sn]. The second kappa shape index (κ2) is 17.1. The van der Waals surface area contributed by atoms with Crippen LogP contribution in [0, 0.1) is 0 Å². The molecule has 0 saturated carbocycles. The van der Waals surface area contributed by atoms with E-state index < -0.39 is 0 Å². The van der Waals surface area contributed by atoms with Gasteiger partial charge in [-0.2, -0.15) is 0 Å². The summed E-state index contributed by atoms with van der Waals surface area (Å²) in [6, 6.07) is 0. The Morgan fingerprint density at radius 2 is 0.500 bits per heavy atom. The van der Waals surface area contributed by atoms with Crippen molar-refractivity contribution in [1.29, 1.82) is 0 Å².